The number of fused-ring (bicyclic) bond motifs is 2. The van der Waals surface area contributed by atoms with Crippen molar-refractivity contribution in [2.45, 2.75) is 124 Å². The predicted octanol–water partition coefficient (Wildman–Crippen LogP) is 11.2. The van der Waals surface area contributed by atoms with Crippen LogP contribution in [0.3, 0.4) is 0 Å². The molecule has 0 bridgehead atoms. The Morgan fingerprint density at radius 1 is 0.641 bits per heavy atom. The van der Waals surface area contributed by atoms with Gasteiger partial charge < -0.3 is 24.3 Å². The number of ketones is 1. The van der Waals surface area contributed by atoms with E-state index >= 15 is 0 Å². The summed E-state index contributed by atoms with van der Waals surface area (Å²) < 4.78 is 28.5. The lowest BCUT2D eigenvalue weighted by molar-refractivity contribution is -0.160. The van der Waals surface area contributed by atoms with Gasteiger partial charge in [0.25, 0.3) is 0 Å². The Morgan fingerprint density at radius 3 is 1.54 bits per heavy atom. The SMILES string of the molecule is CC[C@H](NCc1cc(Cl)c(Cn2ncc3c(-c4cccc5c4cnn5Cc4cc(OCc5cncc(C#N)c5)c(CN[C@@H](COC(C)(C)C)C(=O)OC(C)(C)C)cc4Cl)cccc32)cc1OCc1cncc(C#N)c1)C(C)=O. The number of hydrogen-bond donors (Lipinski definition) is 2. The first-order valence-electron chi connectivity index (χ1n) is 25.6. The summed E-state index contributed by atoms with van der Waals surface area (Å²) in [6, 6.07) is 26.3. The first kappa shape index (κ1) is 56.5. The summed E-state index contributed by atoms with van der Waals surface area (Å²) in [5, 5.41) is 38.3. The normalized spacial score (nSPS) is 12.5. The zero-order valence-corrected chi connectivity index (χ0v) is 46.5. The third kappa shape index (κ3) is 14.3. The zero-order chi connectivity index (χ0) is 55.7. The highest BCUT2D eigenvalue weighted by molar-refractivity contribution is 6.31. The minimum atomic E-state index is -0.798. The highest BCUT2D eigenvalue weighted by Gasteiger charge is 2.28. The number of nitrogens with zero attached hydrogens (tertiary/aromatic N) is 8. The molecule has 2 atom stereocenters. The molecule has 0 fully saturated rings. The van der Waals surface area contributed by atoms with E-state index in [1.807, 2.05) is 119 Å². The molecule has 0 spiro atoms. The monoisotopic (exact) mass is 1090 g/mol. The third-order valence-electron chi connectivity index (χ3n) is 12.8. The van der Waals surface area contributed by atoms with E-state index in [9.17, 15) is 20.1 Å². The number of carbonyl (C=O) groups is 2. The van der Waals surface area contributed by atoms with Crippen LogP contribution in [0.5, 0.6) is 11.5 Å². The van der Waals surface area contributed by atoms with Crippen LogP contribution in [0, 0.1) is 22.7 Å². The minimum Gasteiger partial charge on any atom is -0.489 e. The molecular formula is C60H62Cl2N10O6. The van der Waals surface area contributed by atoms with Crippen molar-refractivity contribution >= 4 is 56.8 Å². The van der Waals surface area contributed by atoms with Gasteiger partial charge in [-0.25, -0.2) is 0 Å². The summed E-state index contributed by atoms with van der Waals surface area (Å²) in [6.07, 6.45) is 10.7. The molecule has 0 saturated heterocycles. The van der Waals surface area contributed by atoms with Crippen LogP contribution in [0.15, 0.2) is 110 Å². The van der Waals surface area contributed by atoms with Gasteiger partial charge in [-0.3, -0.25) is 34.2 Å². The number of rotatable bonds is 22. The maximum Gasteiger partial charge on any atom is 0.326 e. The first-order valence-corrected chi connectivity index (χ1v) is 26.3. The van der Waals surface area contributed by atoms with Crippen molar-refractivity contribution < 1.29 is 28.5 Å². The molecule has 78 heavy (non-hydrogen) atoms. The molecule has 2 N–H and O–H groups in total. The number of carbonyl (C=O) groups excluding carboxylic acids is 2. The number of halogens is 2. The van der Waals surface area contributed by atoms with Gasteiger partial charge in [-0.1, -0.05) is 54.4 Å². The zero-order valence-electron chi connectivity index (χ0n) is 45.0. The van der Waals surface area contributed by atoms with E-state index in [2.05, 4.69) is 44.9 Å². The quantitative estimate of drug-likeness (QED) is 0.0606. The number of benzene rings is 4. The second kappa shape index (κ2) is 24.7. The van der Waals surface area contributed by atoms with Crippen LogP contribution in [0.2, 0.25) is 10.0 Å². The van der Waals surface area contributed by atoms with Gasteiger partial charge in [-0.2, -0.15) is 20.7 Å². The van der Waals surface area contributed by atoms with Crippen molar-refractivity contribution in [2.24, 2.45) is 0 Å². The Balaban J connectivity index is 1.07. The van der Waals surface area contributed by atoms with Crippen molar-refractivity contribution in [3.63, 3.8) is 0 Å². The second-order valence-corrected chi connectivity index (χ2v) is 21.8. The molecule has 4 aromatic carbocycles. The largest absolute Gasteiger partial charge is 0.489 e. The van der Waals surface area contributed by atoms with Gasteiger partial charge in [0.1, 0.15) is 54.3 Å². The molecule has 0 aliphatic carbocycles. The molecule has 18 heteroatoms. The van der Waals surface area contributed by atoms with Gasteiger partial charge in [0.15, 0.2) is 0 Å². The number of nitrogens with one attached hydrogen (secondary N) is 2. The Labute approximate surface area is 464 Å². The van der Waals surface area contributed by atoms with E-state index in [-0.39, 0.29) is 38.2 Å². The molecule has 4 aromatic heterocycles. The highest BCUT2D eigenvalue weighted by atomic mass is 35.5. The van der Waals surface area contributed by atoms with Crippen LogP contribution in [0.1, 0.15) is 106 Å². The molecule has 4 heterocycles. The summed E-state index contributed by atoms with van der Waals surface area (Å²) in [5.74, 6) is 0.682. The fourth-order valence-corrected chi connectivity index (χ4v) is 9.34. The topological polar surface area (TPSA) is 204 Å². The third-order valence-corrected chi connectivity index (χ3v) is 13.5. The van der Waals surface area contributed by atoms with Crippen molar-refractivity contribution in [3.8, 4) is 34.8 Å². The van der Waals surface area contributed by atoms with E-state index in [0.717, 1.165) is 55.2 Å². The fraction of sp³-hybridized carbons (Fsp3) is 0.333. The maximum absolute atomic E-state index is 13.5. The smallest absolute Gasteiger partial charge is 0.326 e. The molecule has 0 radical (unpaired) electrons. The average Bonchev–Trinajstić information content (AvgIpc) is 4.02. The number of nitriles is 2. The molecule has 8 aromatic rings. The van der Waals surface area contributed by atoms with Gasteiger partial charge in [-0.05, 0) is 126 Å². The number of esters is 1. The van der Waals surface area contributed by atoms with E-state index < -0.39 is 23.2 Å². The van der Waals surface area contributed by atoms with E-state index in [0.29, 0.717) is 69.9 Å². The van der Waals surface area contributed by atoms with Gasteiger partial charge in [0, 0.05) is 80.9 Å². The Hall–Kier alpha value is -7.70. The molecule has 0 amide bonds. The number of hydrogen-bond acceptors (Lipinski definition) is 14. The summed E-state index contributed by atoms with van der Waals surface area (Å²) in [7, 11) is 0. The number of ether oxygens (including phenoxy) is 4. The van der Waals surface area contributed by atoms with Crippen LogP contribution in [-0.2, 0) is 58.5 Å². The summed E-state index contributed by atoms with van der Waals surface area (Å²) in [5.41, 5.74) is 7.71. The number of aromatic nitrogens is 6. The average molecular weight is 1090 g/mol. The number of pyridine rings is 2. The fourth-order valence-electron chi connectivity index (χ4n) is 8.85. The molecule has 16 nitrogen and oxygen atoms in total. The van der Waals surface area contributed by atoms with E-state index in [1.165, 1.54) is 12.4 Å². The Kier molecular flexibility index (Phi) is 17.9. The maximum atomic E-state index is 13.5. The molecule has 8 rings (SSSR count). The van der Waals surface area contributed by atoms with E-state index in [4.69, 9.17) is 52.3 Å². The van der Waals surface area contributed by atoms with Crippen LogP contribution >= 0.6 is 23.2 Å². The molecule has 0 aliphatic heterocycles. The minimum absolute atomic E-state index is 0.0425. The standard InChI is InChI=1S/C60H62Cl2N10O6/c1-9-52(37(2)73)67-28-42-18-50(61)44(20-56(42)75-34-40-16-38(22-63)24-65-26-40)32-71-54-14-10-12-46(48(54)30-69-71)47-13-11-15-55-49(47)31-70-72(55)33-45-21-57(76-35-41-17-39(23-64)25-66-27-41)43(19-51(45)62)29-68-53(36-77-59(3,4)5)58(74)78-60(6,7)8/h10-21,24-27,30-31,52-53,67-68H,9,28-29,32-36H2,1-8H3/t52-,53-/m0/s1. The van der Waals surface area contributed by atoms with Gasteiger partial charge >= 0.3 is 5.97 Å². The van der Waals surface area contributed by atoms with Crippen molar-refractivity contribution in [1.82, 2.24) is 40.2 Å². The molecule has 0 aliphatic rings. The van der Waals surface area contributed by atoms with Crippen molar-refractivity contribution in [2.75, 3.05) is 6.61 Å². The Morgan fingerprint density at radius 2 is 1.12 bits per heavy atom. The van der Waals surface area contributed by atoms with E-state index in [1.54, 1.807) is 31.5 Å². The van der Waals surface area contributed by atoms with Gasteiger partial charge in [-0.15, -0.1) is 0 Å². The lowest BCUT2D eigenvalue weighted by Crippen LogP contribution is -2.45. The lowest BCUT2D eigenvalue weighted by atomic mass is 9.99. The van der Waals surface area contributed by atoms with Crippen LogP contribution in [-0.4, -0.2) is 71.2 Å². The first-order chi connectivity index (χ1) is 37.3. The predicted molar refractivity (Wildman–Crippen MR) is 300 cm³/mol. The van der Waals surface area contributed by atoms with Crippen molar-refractivity contribution in [1.29, 1.82) is 10.5 Å². The molecule has 0 unspecified atom stereocenters. The molecular weight excluding hydrogens is 1030 g/mol. The van der Waals surface area contributed by atoms with Crippen LogP contribution in [0.25, 0.3) is 32.9 Å². The summed E-state index contributed by atoms with van der Waals surface area (Å²) >= 11 is 14.2. The summed E-state index contributed by atoms with van der Waals surface area (Å²) in [6.45, 7) is 16.3. The number of Topliss-reactive ketones (excluding diaryl/α,β-unsaturated/α-hetero) is 1. The van der Waals surface area contributed by atoms with Crippen molar-refractivity contribution in [3.05, 3.63) is 165 Å². The molecule has 0 saturated carbocycles. The molecule has 402 valence electrons. The lowest BCUT2D eigenvalue weighted by Gasteiger charge is -2.27. The summed E-state index contributed by atoms with van der Waals surface area (Å²) in [4.78, 5) is 34.2. The second-order valence-electron chi connectivity index (χ2n) is 21.0. The Bertz CT molecular complexity index is 3570. The van der Waals surface area contributed by atoms with Crippen LogP contribution < -0.4 is 20.1 Å². The van der Waals surface area contributed by atoms with Crippen LogP contribution in [0.4, 0.5) is 0 Å². The van der Waals surface area contributed by atoms with Gasteiger partial charge in [0.2, 0.25) is 0 Å². The highest BCUT2D eigenvalue weighted by Crippen LogP contribution is 2.37. The van der Waals surface area contributed by atoms with Gasteiger partial charge in [0.05, 0.1) is 65.9 Å².